The number of hydrogen-bond acceptors (Lipinski definition) is 1. The molecule has 0 saturated heterocycles. The zero-order valence-corrected chi connectivity index (χ0v) is 12.2. The van der Waals surface area contributed by atoms with Crippen LogP contribution in [0.1, 0.15) is 31.0 Å². The van der Waals surface area contributed by atoms with Crippen LogP contribution in [0, 0.1) is 6.92 Å². The molecular weight excluding hydrogens is 276 g/mol. The summed E-state index contributed by atoms with van der Waals surface area (Å²) in [4.78, 5) is 0. The first kappa shape index (κ1) is 12.4. The van der Waals surface area contributed by atoms with Gasteiger partial charge in [-0.1, -0.05) is 38.1 Å². The summed E-state index contributed by atoms with van der Waals surface area (Å²) in [6.45, 7) is 6.45. The second-order valence-electron chi connectivity index (χ2n) is 4.64. The van der Waals surface area contributed by atoms with E-state index in [0.717, 1.165) is 15.9 Å². The van der Waals surface area contributed by atoms with Gasteiger partial charge < -0.3 is 0 Å². The van der Waals surface area contributed by atoms with Crippen molar-refractivity contribution in [2.75, 3.05) is 0 Å². The lowest BCUT2D eigenvalue weighted by Gasteiger charge is -2.06. The highest BCUT2D eigenvalue weighted by Gasteiger charge is 2.18. The molecule has 0 spiro atoms. The number of aryl methyl sites for hydroxylation is 2. The van der Waals surface area contributed by atoms with E-state index in [1.54, 1.807) is 0 Å². The van der Waals surface area contributed by atoms with E-state index in [-0.39, 0.29) is 0 Å². The van der Waals surface area contributed by atoms with Gasteiger partial charge in [0.1, 0.15) is 0 Å². The molecule has 2 aromatic rings. The molecule has 0 bridgehead atoms. The van der Waals surface area contributed by atoms with Crippen molar-refractivity contribution in [2.45, 2.75) is 26.7 Å². The van der Waals surface area contributed by atoms with Gasteiger partial charge in [0.25, 0.3) is 0 Å². The van der Waals surface area contributed by atoms with Crippen molar-refractivity contribution >= 4 is 15.9 Å². The van der Waals surface area contributed by atoms with E-state index in [4.69, 9.17) is 0 Å². The Morgan fingerprint density at radius 1 is 1.24 bits per heavy atom. The maximum Gasteiger partial charge on any atom is 0.0826 e. The number of benzene rings is 1. The first-order chi connectivity index (χ1) is 8.02. The van der Waals surface area contributed by atoms with E-state index >= 15 is 0 Å². The van der Waals surface area contributed by atoms with Crippen LogP contribution in [0.3, 0.4) is 0 Å². The van der Waals surface area contributed by atoms with Gasteiger partial charge in [-0.15, -0.1) is 0 Å². The fourth-order valence-corrected chi connectivity index (χ4v) is 3.03. The Labute approximate surface area is 111 Å². The smallest absolute Gasteiger partial charge is 0.0826 e. The lowest BCUT2D eigenvalue weighted by molar-refractivity contribution is 0.716. The van der Waals surface area contributed by atoms with Crippen LogP contribution in [0.4, 0.5) is 0 Å². The molecule has 0 aliphatic heterocycles. The molecule has 0 radical (unpaired) electrons. The SMILES string of the molecule is Cc1ccccc1-c1c(Br)c(C(C)C)nn1C. The highest BCUT2D eigenvalue weighted by Crippen LogP contribution is 2.35. The molecule has 0 unspecified atom stereocenters. The first-order valence-corrected chi connectivity index (χ1v) is 6.60. The van der Waals surface area contributed by atoms with Gasteiger partial charge in [-0.2, -0.15) is 5.10 Å². The molecule has 2 nitrogen and oxygen atoms in total. The van der Waals surface area contributed by atoms with Gasteiger partial charge in [0.15, 0.2) is 0 Å². The van der Waals surface area contributed by atoms with E-state index < -0.39 is 0 Å². The van der Waals surface area contributed by atoms with Gasteiger partial charge in [-0.05, 0) is 34.3 Å². The molecule has 0 N–H and O–H groups in total. The summed E-state index contributed by atoms with van der Waals surface area (Å²) in [7, 11) is 2.00. The molecule has 1 aromatic heterocycles. The van der Waals surface area contributed by atoms with Crippen molar-refractivity contribution in [1.29, 1.82) is 0 Å². The first-order valence-electron chi connectivity index (χ1n) is 5.80. The molecule has 0 aliphatic carbocycles. The lowest BCUT2D eigenvalue weighted by atomic mass is 10.0. The molecule has 1 aromatic carbocycles. The topological polar surface area (TPSA) is 17.8 Å². The van der Waals surface area contributed by atoms with Crippen LogP contribution in [-0.2, 0) is 7.05 Å². The Bertz CT molecular complexity index is 541. The number of aromatic nitrogens is 2. The molecule has 1 heterocycles. The van der Waals surface area contributed by atoms with Crippen LogP contribution in [0.5, 0.6) is 0 Å². The summed E-state index contributed by atoms with van der Waals surface area (Å²) in [5.41, 5.74) is 4.78. The average Bonchev–Trinajstić information content (AvgIpc) is 2.56. The zero-order chi connectivity index (χ0) is 12.6. The van der Waals surface area contributed by atoms with Crippen LogP contribution in [0.15, 0.2) is 28.7 Å². The maximum atomic E-state index is 4.60. The average molecular weight is 293 g/mol. The van der Waals surface area contributed by atoms with Crippen molar-refractivity contribution in [3.8, 4) is 11.3 Å². The van der Waals surface area contributed by atoms with Crippen LogP contribution >= 0.6 is 15.9 Å². The van der Waals surface area contributed by atoms with Gasteiger partial charge in [0, 0.05) is 12.6 Å². The third kappa shape index (κ3) is 2.16. The Morgan fingerprint density at radius 3 is 2.41 bits per heavy atom. The summed E-state index contributed by atoms with van der Waals surface area (Å²) in [5.74, 6) is 0.424. The quantitative estimate of drug-likeness (QED) is 0.808. The van der Waals surface area contributed by atoms with E-state index in [2.05, 4.69) is 66.1 Å². The van der Waals surface area contributed by atoms with Crippen molar-refractivity contribution in [2.24, 2.45) is 7.05 Å². The van der Waals surface area contributed by atoms with Gasteiger partial charge >= 0.3 is 0 Å². The van der Waals surface area contributed by atoms with Gasteiger partial charge in [0.05, 0.1) is 15.9 Å². The second kappa shape index (κ2) is 4.65. The third-order valence-electron chi connectivity index (χ3n) is 2.96. The fraction of sp³-hybridized carbons (Fsp3) is 0.357. The summed E-state index contributed by atoms with van der Waals surface area (Å²) in [6.07, 6.45) is 0. The van der Waals surface area contributed by atoms with Crippen molar-refractivity contribution in [3.05, 3.63) is 40.0 Å². The van der Waals surface area contributed by atoms with Crippen LogP contribution in [0.2, 0.25) is 0 Å². The Kier molecular flexibility index (Phi) is 3.38. The molecule has 3 heteroatoms. The number of halogens is 1. The third-order valence-corrected chi connectivity index (χ3v) is 3.74. The summed E-state index contributed by atoms with van der Waals surface area (Å²) < 4.78 is 3.08. The van der Waals surface area contributed by atoms with Crippen molar-refractivity contribution in [1.82, 2.24) is 9.78 Å². The summed E-state index contributed by atoms with van der Waals surface area (Å²) in [6, 6.07) is 8.40. The number of hydrogen-bond donors (Lipinski definition) is 0. The highest BCUT2D eigenvalue weighted by atomic mass is 79.9. The highest BCUT2D eigenvalue weighted by molar-refractivity contribution is 9.10. The molecule has 0 fully saturated rings. The monoisotopic (exact) mass is 292 g/mol. The van der Waals surface area contributed by atoms with Gasteiger partial charge in [0.2, 0.25) is 0 Å². The zero-order valence-electron chi connectivity index (χ0n) is 10.7. The summed E-state index contributed by atoms with van der Waals surface area (Å²) in [5, 5.41) is 4.60. The van der Waals surface area contributed by atoms with Crippen LogP contribution < -0.4 is 0 Å². The molecule has 17 heavy (non-hydrogen) atoms. The van der Waals surface area contributed by atoms with Crippen LogP contribution in [0.25, 0.3) is 11.3 Å². The minimum atomic E-state index is 0.424. The molecule has 2 rings (SSSR count). The molecule has 0 saturated carbocycles. The largest absolute Gasteiger partial charge is 0.266 e. The standard InChI is InChI=1S/C14H17BrN2/c1-9(2)13-12(15)14(17(4)16-13)11-8-6-5-7-10(11)3/h5-9H,1-4H3. The predicted octanol–water partition coefficient (Wildman–Crippen LogP) is 4.28. The molecule has 90 valence electrons. The Hall–Kier alpha value is -1.09. The fourth-order valence-electron chi connectivity index (χ4n) is 2.02. The Balaban J connectivity index is 2.65. The van der Waals surface area contributed by atoms with E-state index in [0.29, 0.717) is 5.92 Å². The predicted molar refractivity (Wildman–Crippen MR) is 75.2 cm³/mol. The minimum absolute atomic E-state index is 0.424. The molecule has 0 aliphatic rings. The van der Waals surface area contributed by atoms with Crippen molar-refractivity contribution in [3.63, 3.8) is 0 Å². The van der Waals surface area contributed by atoms with E-state index in [1.165, 1.54) is 11.1 Å². The van der Waals surface area contributed by atoms with Gasteiger partial charge in [-0.25, -0.2) is 0 Å². The normalized spacial score (nSPS) is 11.2. The summed E-state index contributed by atoms with van der Waals surface area (Å²) >= 11 is 3.69. The van der Waals surface area contributed by atoms with Crippen molar-refractivity contribution < 1.29 is 0 Å². The molecule has 0 atom stereocenters. The Morgan fingerprint density at radius 2 is 1.88 bits per heavy atom. The molecule has 0 amide bonds. The number of nitrogens with zero attached hydrogens (tertiary/aromatic N) is 2. The number of rotatable bonds is 2. The molecular formula is C14H17BrN2. The maximum absolute atomic E-state index is 4.60. The van der Waals surface area contributed by atoms with E-state index in [1.807, 2.05) is 11.7 Å². The lowest BCUT2D eigenvalue weighted by Crippen LogP contribution is -1.96. The van der Waals surface area contributed by atoms with E-state index in [9.17, 15) is 0 Å². The van der Waals surface area contributed by atoms with Crippen LogP contribution in [-0.4, -0.2) is 9.78 Å². The second-order valence-corrected chi connectivity index (χ2v) is 5.43. The minimum Gasteiger partial charge on any atom is -0.266 e. The van der Waals surface area contributed by atoms with Gasteiger partial charge in [-0.3, -0.25) is 4.68 Å².